The van der Waals surface area contributed by atoms with Crippen molar-refractivity contribution in [2.75, 3.05) is 12.3 Å². The summed E-state index contributed by atoms with van der Waals surface area (Å²) in [7, 11) is 0. The Morgan fingerprint density at radius 1 is 1.23 bits per heavy atom. The first-order valence-corrected chi connectivity index (χ1v) is 9.29. The van der Waals surface area contributed by atoms with Crippen molar-refractivity contribution in [2.45, 2.75) is 24.5 Å². The first-order chi connectivity index (χ1) is 14.9. The number of nitrogens with one attached hydrogen (secondary N) is 1. The van der Waals surface area contributed by atoms with E-state index in [9.17, 15) is 25.2 Å². The Labute approximate surface area is 175 Å². The fraction of sp³-hybridized carbons (Fsp3) is 0.263. The van der Waals surface area contributed by atoms with Crippen molar-refractivity contribution in [1.82, 2.24) is 24.8 Å². The molecule has 4 atom stereocenters. The summed E-state index contributed by atoms with van der Waals surface area (Å²) < 4.78 is 7.21. The van der Waals surface area contributed by atoms with E-state index < -0.39 is 41.9 Å². The van der Waals surface area contributed by atoms with Gasteiger partial charge in [0.25, 0.3) is 5.91 Å². The van der Waals surface area contributed by atoms with Gasteiger partial charge in [0.2, 0.25) is 0 Å². The summed E-state index contributed by atoms with van der Waals surface area (Å²) in [6.07, 6.45) is 1.38. The number of aromatic hydroxyl groups is 2. The number of benzene rings is 1. The molecule has 1 amide bonds. The molecule has 0 bridgehead atoms. The van der Waals surface area contributed by atoms with E-state index in [0.29, 0.717) is 11.2 Å². The summed E-state index contributed by atoms with van der Waals surface area (Å²) in [5, 5.41) is 42.5. The summed E-state index contributed by atoms with van der Waals surface area (Å²) in [5.41, 5.74) is 6.40. The first-order valence-electron chi connectivity index (χ1n) is 9.29. The quantitative estimate of drug-likeness (QED) is 0.227. The van der Waals surface area contributed by atoms with Crippen molar-refractivity contribution in [3.05, 3.63) is 48.6 Å². The van der Waals surface area contributed by atoms with Gasteiger partial charge in [-0.3, -0.25) is 9.36 Å². The summed E-state index contributed by atoms with van der Waals surface area (Å²) in [4.78, 5) is 24.2. The molecular formula is C19H20N6O6. The molecule has 2 aromatic heterocycles. The number of ether oxygens (including phenoxy) is 1. The number of aliphatic hydroxyl groups excluding tert-OH is 2. The second-order valence-electron chi connectivity index (χ2n) is 6.87. The zero-order valence-electron chi connectivity index (χ0n) is 16.0. The lowest BCUT2D eigenvalue weighted by Crippen LogP contribution is -2.31. The third-order valence-corrected chi connectivity index (χ3v) is 4.90. The lowest BCUT2D eigenvalue weighted by atomic mass is 10.1. The highest BCUT2D eigenvalue weighted by molar-refractivity contribution is 5.97. The molecule has 0 aliphatic carbocycles. The Morgan fingerprint density at radius 3 is 2.84 bits per heavy atom. The predicted octanol–water partition coefficient (Wildman–Crippen LogP) is -0.575. The van der Waals surface area contributed by atoms with E-state index in [1.54, 1.807) is 0 Å². The molecule has 1 aromatic carbocycles. The van der Waals surface area contributed by atoms with Gasteiger partial charge in [0.1, 0.15) is 30.2 Å². The number of amides is 1. The number of fused-ring (bicyclic) bond motifs is 1. The fourth-order valence-corrected chi connectivity index (χ4v) is 3.29. The second kappa shape index (κ2) is 8.18. The molecule has 0 saturated carbocycles. The highest BCUT2D eigenvalue weighted by Gasteiger charge is 2.43. The van der Waals surface area contributed by atoms with Gasteiger partial charge < -0.3 is 36.2 Å². The molecule has 1 saturated heterocycles. The zero-order valence-corrected chi connectivity index (χ0v) is 16.0. The predicted molar refractivity (Wildman–Crippen MR) is 107 cm³/mol. The maximum Gasteiger partial charge on any atom is 0.255 e. The van der Waals surface area contributed by atoms with E-state index in [4.69, 9.17) is 10.5 Å². The van der Waals surface area contributed by atoms with Crippen LogP contribution in [0.25, 0.3) is 11.2 Å². The first kappa shape index (κ1) is 20.5. The van der Waals surface area contributed by atoms with Crippen molar-refractivity contribution in [2.24, 2.45) is 0 Å². The number of nitrogens with zero attached hydrogens (tertiary/aromatic N) is 4. The molecule has 2 unspecified atom stereocenters. The minimum atomic E-state index is -1.26. The molecule has 1 aliphatic rings. The van der Waals surface area contributed by atoms with Gasteiger partial charge in [-0.1, -0.05) is 18.2 Å². The number of para-hydroxylation sites is 1. The molecule has 162 valence electrons. The van der Waals surface area contributed by atoms with Crippen LogP contribution in [0.2, 0.25) is 0 Å². The number of anilines is 1. The van der Waals surface area contributed by atoms with Crippen LogP contribution in [0.4, 0.5) is 5.82 Å². The number of imidazole rings is 1. The summed E-state index contributed by atoms with van der Waals surface area (Å²) in [6.45, 7) is 0.0546. The minimum absolute atomic E-state index is 0.0546. The molecule has 12 nitrogen and oxygen atoms in total. The SMILES string of the molecule is Nc1ncnc2c1ncn2[C@@H]1O[C@H](/C=C/CNC(=O)c2cccc(O)c2O)C(O)C1O. The van der Waals surface area contributed by atoms with Crippen molar-refractivity contribution >= 4 is 22.9 Å². The average molecular weight is 428 g/mol. The van der Waals surface area contributed by atoms with E-state index in [1.807, 2.05) is 0 Å². The normalized spacial score (nSPS) is 23.5. The number of hydrogen-bond acceptors (Lipinski definition) is 10. The largest absolute Gasteiger partial charge is 0.504 e. The third-order valence-electron chi connectivity index (χ3n) is 4.90. The Bertz CT molecular complexity index is 1150. The van der Waals surface area contributed by atoms with Crippen LogP contribution in [0.15, 0.2) is 43.0 Å². The van der Waals surface area contributed by atoms with Crippen LogP contribution < -0.4 is 11.1 Å². The van der Waals surface area contributed by atoms with E-state index in [1.165, 1.54) is 47.6 Å². The highest BCUT2D eigenvalue weighted by Crippen LogP contribution is 2.32. The number of nitrogens with two attached hydrogens (primary N) is 1. The Hall–Kier alpha value is -3.74. The van der Waals surface area contributed by atoms with Gasteiger partial charge >= 0.3 is 0 Å². The van der Waals surface area contributed by atoms with Crippen LogP contribution in [0.1, 0.15) is 16.6 Å². The maximum absolute atomic E-state index is 12.1. The molecule has 1 fully saturated rings. The third kappa shape index (κ3) is 3.74. The molecule has 31 heavy (non-hydrogen) atoms. The molecule has 3 heterocycles. The van der Waals surface area contributed by atoms with Gasteiger partial charge in [-0.05, 0) is 12.1 Å². The molecule has 12 heteroatoms. The minimum Gasteiger partial charge on any atom is -0.504 e. The smallest absolute Gasteiger partial charge is 0.255 e. The van der Waals surface area contributed by atoms with Gasteiger partial charge in [0.15, 0.2) is 29.2 Å². The molecule has 3 aromatic rings. The Balaban J connectivity index is 1.41. The van der Waals surface area contributed by atoms with Crippen LogP contribution >= 0.6 is 0 Å². The number of aliphatic hydroxyl groups is 2. The molecule has 7 N–H and O–H groups in total. The van der Waals surface area contributed by atoms with E-state index in [0.717, 1.165) is 0 Å². The highest BCUT2D eigenvalue weighted by atomic mass is 16.6. The number of aromatic nitrogens is 4. The van der Waals surface area contributed by atoms with Gasteiger partial charge in [-0.2, -0.15) is 0 Å². The van der Waals surface area contributed by atoms with Gasteiger partial charge in [-0.25, -0.2) is 15.0 Å². The summed E-state index contributed by atoms with van der Waals surface area (Å²) in [5.74, 6) is -1.32. The van der Waals surface area contributed by atoms with Gasteiger partial charge in [0.05, 0.1) is 11.9 Å². The Morgan fingerprint density at radius 2 is 2.03 bits per heavy atom. The number of carbonyl (C=O) groups is 1. The average Bonchev–Trinajstić information content (AvgIpc) is 3.30. The van der Waals surface area contributed by atoms with E-state index in [2.05, 4.69) is 20.3 Å². The number of phenols is 2. The molecular weight excluding hydrogens is 408 g/mol. The van der Waals surface area contributed by atoms with Crippen molar-refractivity contribution in [3.63, 3.8) is 0 Å². The number of carbonyl (C=O) groups excluding carboxylic acids is 1. The van der Waals surface area contributed by atoms with Crippen molar-refractivity contribution < 1.29 is 30.0 Å². The summed E-state index contributed by atoms with van der Waals surface area (Å²) in [6, 6.07) is 4.06. The van der Waals surface area contributed by atoms with Crippen molar-refractivity contribution in [1.29, 1.82) is 0 Å². The number of nitrogen functional groups attached to an aromatic ring is 1. The molecule has 1 aliphatic heterocycles. The standard InChI is InChI=1S/C19H20N6O6/c20-16-12-17(23-7-22-16)25(8-24-12)19-15(29)14(28)11(31-19)5-2-6-21-18(30)9-3-1-4-10(26)13(9)27/h1-5,7-8,11,14-15,19,26-29H,6H2,(H,21,30)(H2,20,22,23)/b5-2+/t11-,14?,15?,19-/m1/s1. The van der Waals surface area contributed by atoms with Crippen LogP contribution in [-0.2, 0) is 4.74 Å². The molecule has 4 rings (SSSR count). The van der Waals surface area contributed by atoms with Crippen LogP contribution in [0, 0.1) is 0 Å². The fourth-order valence-electron chi connectivity index (χ4n) is 3.29. The Kier molecular flexibility index (Phi) is 5.42. The second-order valence-corrected chi connectivity index (χ2v) is 6.87. The monoisotopic (exact) mass is 428 g/mol. The van der Waals surface area contributed by atoms with Crippen LogP contribution in [0.3, 0.4) is 0 Å². The molecule has 0 spiro atoms. The van der Waals surface area contributed by atoms with Crippen molar-refractivity contribution in [3.8, 4) is 11.5 Å². The topological polar surface area (TPSA) is 189 Å². The lowest BCUT2D eigenvalue weighted by Gasteiger charge is -2.16. The zero-order chi connectivity index (χ0) is 22.1. The van der Waals surface area contributed by atoms with Gasteiger partial charge in [0, 0.05) is 6.54 Å². The lowest BCUT2D eigenvalue weighted by molar-refractivity contribution is -0.0245. The molecule has 0 radical (unpaired) electrons. The van der Waals surface area contributed by atoms with E-state index >= 15 is 0 Å². The van der Waals surface area contributed by atoms with E-state index in [-0.39, 0.29) is 17.9 Å². The van der Waals surface area contributed by atoms with Crippen LogP contribution in [0.5, 0.6) is 11.5 Å². The summed E-state index contributed by atoms with van der Waals surface area (Å²) >= 11 is 0. The van der Waals surface area contributed by atoms with Crippen LogP contribution in [-0.4, -0.2) is 70.7 Å². The number of rotatable bonds is 5. The maximum atomic E-state index is 12.1. The number of hydrogen-bond donors (Lipinski definition) is 6. The number of phenolic OH excluding ortho intramolecular Hbond substituents is 2. The van der Waals surface area contributed by atoms with Gasteiger partial charge in [-0.15, -0.1) is 0 Å².